The number of ether oxygens (including phenoxy) is 1. The molecule has 0 aliphatic rings. The molecule has 27 heavy (non-hydrogen) atoms. The molecule has 0 aliphatic heterocycles. The van der Waals surface area contributed by atoms with Crippen LogP contribution >= 0.6 is 7.14 Å². The normalized spacial score (nSPS) is 11.5. The van der Waals surface area contributed by atoms with Gasteiger partial charge in [0.2, 0.25) is 0 Å². The molecule has 0 saturated carbocycles. The Bertz CT molecular complexity index is 1090. The number of hydrogen-bond acceptors (Lipinski definition) is 2. The van der Waals surface area contributed by atoms with Crippen LogP contribution in [-0.2, 0) is 4.57 Å². The standard InChI is InChI=1S/C24H21O2P/c1-18-21-15-9-10-16-22(21)24(17-23(18)26-2)27(25,19-11-5-3-6-12-19)20-13-7-4-8-14-20/h3-17H,1-2H3. The minimum absolute atomic E-state index is 0.760. The first-order valence-corrected chi connectivity index (χ1v) is 10.6. The van der Waals surface area contributed by atoms with Gasteiger partial charge in [-0.05, 0) is 29.3 Å². The molecular formula is C24H21O2P. The topological polar surface area (TPSA) is 26.3 Å². The molecule has 4 aromatic carbocycles. The van der Waals surface area contributed by atoms with E-state index in [1.807, 2.05) is 85.8 Å². The Balaban J connectivity index is 2.15. The first-order chi connectivity index (χ1) is 13.2. The second kappa shape index (κ2) is 7.06. The van der Waals surface area contributed by atoms with Crippen molar-refractivity contribution >= 4 is 33.8 Å². The van der Waals surface area contributed by atoms with E-state index in [9.17, 15) is 4.57 Å². The van der Waals surface area contributed by atoms with Crippen molar-refractivity contribution in [3.63, 3.8) is 0 Å². The summed E-state index contributed by atoms with van der Waals surface area (Å²) in [7, 11) is -1.40. The third-order valence-corrected chi connectivity index (χ3v) is 8.14. The van der Waals surface area contributed by atoms with Gasteiger partial charge in [0.15, 0.2) is 7.14 Å². The van der Waals surface area contributed by atoms with Gasteiger partial charge in [0, 0.05) is 15.9 Å². The molecule has 0 amide bonds. The first kappa shape index (κ1) is 17.6. The van der Waals surface area contributed by atoms with Crippen LogP contribution in [0.4, 0.5) is 0 Å². The van der Waals surface area contributed by atoms with E-state index in [1.165, 1.54) is 0 Å². The highest BCUT2D eigenvalue weighted by Gasteiger charge is 2.32. The molecule has 3 heteroatoms. The van der Waals surface area contributed by atoms with E-state index in [4.69, 9.17) is 4.74 Å². The van der Waals surface area contributed by atoms with E-state index in [0.717, 1.165) is 38.0 Å². The highest BCUT2D eigenvalue weighted by Crippen LogP contribution is 2.46. The molecule has 134 valence electrons. The number of benzene rings is 4. The van der Waals surface area contributed by atoms with Gasteiger partial charge in [-0.15, -0.1) is 0 Å². The second-order valence-corrected chi connectivity index (χ2v) is 9.28. The summed E-state index contributed by atoms with van der Waals surface area (Å²) >= 11 is 0. The largest absolute Gasteiger partial charge is 0.496 e. The van der Waals surface area contributed by atoms with Gasteiger partial charge in [-0.25, -0.2) is 0 Å². The summed E-state index contributed by atoms with van der Waals surface area (Å²) in [6.45, 7) is 2.04. The average molecular weight is 372 g/mol. The van der Waals surface area contributed by atoms with Crippen molar-refractivity contribution in [2.45, 2.75) is 6.92 Å². The molecule has 2 nitrogen and oxygen atoms in total. The van der Waals surface area contributed by atoms with Crippen molar-refractivity contribution in [3.05, 3.63) is 96.6 Å². The van der Waals surface area contributed by atoms with Crippen molar-refractivity contribution in [1.29, 1.82) is 0 Å². The fraction of sp³-hybridized carbons (Fsp3) is 0.0833. The molecule has 0 aromatic heterocycles. The van der Waals surface area contributed by atoms with E-state index in [1.54, 1.807) is 7.11 Å². The fourth-order valence-corrected chi connectivity index (χ4v) is 6.52. The lowest BCUT2D eigenvalue weighted by atomic mass is 10.0. The molecule has 0 spiro atoms. The molecular weight excluding hydrogens is 351 g/mol. The van der Waals surface area contributed by atoms with E-state index in [2.05, 4.69) is 12.1 Å². The summed E-state index contributed by atoms with van der Waals surface area (Å²) < 4.78 is 20.4. The van der Waals surface area contributed by atoms with Gasteiger partial charge in [0.25, 0.3) is 0 Å². The fourth-order valence-electron chi connectivity index (χ4n) is 3.65. The monoisotopic (exact) mass is 372 g/mol. The second-order valence-electron chi connectivity index (χ2n) is 6.55. The summed E-state index contributed by atoms with van der Waals surface area (Å²) in [6.07, 6.45) is 0. The number of fused-ring (bicyclic) bond motifs is 1. The van der Waals surface area contributed by atoms with Crippen molar-refractivity contribution in [3.8, 4) is 5.75 Å². The summed E-state index contributed by atoms with van der Waals surface area (Å²) in [4.78, 5) is 0. The average Bonchev–Trinajstić information content (AvgIpc) is 2.75. The SMILES string of the molecule is COc1cc(P(=O)(c2ccccc2)c2ccccc2)c2ccccc2c1C. The van der Waals surface area contributed by atoms with Gasteiger partial charge in [-0.2, -0.15) is 0 Å². The Labute approximate surface area is 159 Å². The molecule has 0 atom stereocenters. The lowest BCUT2D eigenvalue weighted by Gasteiger charge is -2.23. The number of rotatable bonds is 4. The first-order valence-electron chi connectivity index (χ1n) is 8.94. The Morgan fingerprint density at radius 2 is 1.19 bits per heavy atom. The highest BCUT2D eigenvalue weighted by atomic mass is 31.2. The van der Waals surface area contributed by atoms with E-state index >= 15 is 0 Å². The molecule has 0 radical (unpaired) electrons. The smallest absolute Gasteiger partial charge is 0.171 e. The van der Waals surface area contributed by atoms with Gasteiger partial charge in [-0.3, -0.25) is 0 Å². The lowest BCUT2D eigenvalue weighted by Crippen LogP contribution is -2.26. The van der Waals surface area contributed by atoms with Crippen LogP contribution in [0.2, 0.25) is 0 Å². The Kier molecular flexibility index (Phi) is 4.59. The van der Waals surface area contributed by atoms with Gasteiger partial charge in [0.05, 0.1) is 7.11 Å². The number of aryl methyl sites for hydroxylation is 1. The van der Waals surface area contributed by atoms with Crippen LogP contribution in [0.5, 0.6) is 5.75 Å². The van der Waals surface area contributed by atoms with Crippen LogP contribution in [0.25, 0.3) is 10.8 Å². The van der Waals surface area contributed by atoms with Crippen molar-refractivity contribution in [2.75, 3.05) is 7.11 Å². The minimum Gasteiger partial charge on any atom is -0.496 e. The Morgan fingerprint density at radius 1 is 0.704 bits per heavy atom. The molecule has 0 N–H and O–H groups in total. The summed E-state index contributed by atoms with van der Waals surface area (Å²) in [5.41, 5.74) is 1.06. The van der Waals surface area contributed by atoms with Gasteiger partial charge in [0.1, 0.15) is 5.75 Å². The van der Waals surface area contributed by atoms with Crippen LogP contribution in [0.1, 0.15) is 5.56 Å². The third kappa shape index (κ3) is 2.87. The lowest BCUT2D eigenvalue weighted by molar-refractivity contribution is 0.413. The number of hydrogen-bond donors (Lipinski definition) is 0. The summed E-state index contributed by atoms with van der Waals surface area (Å²) in [6, 6.07) is 29.6. The molecule has 0 fully saturated rings. The van der Waals surface area contributed by atoms with Gasteiger partial charge >= 0.3 is 0 Å². The third-order valence-electron chi connectivity index (χ3n) is 5.04. The molecule has 4 rings (SSSR count). The van der Waals surface area contributed by atoms with Crippen LogP contribution in [0.3, 0.4) is 0 Å². The van der Waals surface area contributed by atoms with Crippen molar-refractivity contribution in [1.82, 2.24) is 0 Å². The maximum absolute atomic E-state index is 14.8. The van der Waals surface area contributed by atoms with Crippen LogP contribution < -0.4 is 20.7 Å². The molecule has 0 heterocycles. The molecule has 0 saturated heterocycles. The zero-order valence-electron chi connectivity index (χ0n) is 15.4. The Hall–Kier alpha value is -2.83. The van der Waals surface area contributed by atoms with Gasteiger partial charge < -0.3 is 9.30 Å². The predicted molar refractivity (Wildman–Crippen MR) is 115 cm³/mol. The van der Waals surface area contributed by atoms with Gasteiger partial charge in [-0.1, -0.05) is 84.9 Å². The van der Waals surface area contributed by atoms with Crippen molar-refractivity contribution in [2.24, 2.45) is 0 Å². The molecule has 0 bridgehead atoms. The van der Waals surface area contributed by atoms with E-state index < -0.39 is 7.14 Å². The molecule has 0 aliphatic carbocycles. The number of methoxy groups -OCH3 is 1. The van der Waals surface area contributed by atoms with Crippen molar-refractivity contribution < 1.29 is 9.30 Å². The highest BCUT2D eigenvalue weighted by molar-refractivity contribution is 7.85. The zero-order valence-corrected chi connectivity index (χ0v) is 16.3. The maximum atomic E-state index is 14.8. The minimum atomic E-state index is -3.06. The Morgan fingerprint density at radius 3 is 1.70 bits per heavy atom. The molecule has 0 unspecified atom stereocenters. The van der Waals surface area contributed by atoms with Crippen LogP contribution in [0.15, 0.2) is 91.0 Å². The van der Waals surface area contributed by atoms with E-state index in [-0.39, 0.29) is 0 Å². The predicted octanol–water partition coefficient (Wildman–Crippen LogP) is 4.80. The van der Waals surface area contributed by atoms with E-state index in [0.29, 0.717) is 0 Å². The summed E-state index contributed by atoms with van der Waals surface area (Å²) in [5, 5.41) is 4.54. The molecule has 4 aromatic rings. The zero-order chi connectivity index (χ0) is 18.9. The van der Waals surface area contributed by atoms with Crippen LogP contribution in [-0.4, -0.2) is 7.11 Å². The quantitative estimate of drug-likeness (QED) is 0.481. The van der Waals surface area contributed by atoms with Crippen LogP contribution in [0, 0.1) is 6.92 Å². The summed E-state index contributed by atoms with van der Waals surface area (Å²) in [5.74, 6) is 0.760. The maximum Gasteiger partial charge on any atom is 0.171 e.